The standard InChI is InChI=1S/C14H20N4O/c1-3-18-7-6-16-13(18)9-12(15)8-11-4-5-14(19-2)17-10-11/h4-7,10,12H,3,8-9,15H2,1-2H3. The Morgan fingerprint density at radius 1 is 1.32 bits per heavy atom. The van der Waals surface area contributed by atoms with E-state index in [4.69, 9.17) is 10.5 Å². The van der Waals surface area contributed by atoms with E-state index in [0.29, 0.717) is 5.88 Å². The van der Waals surface area contributed by atoms with Crippen molar-refractivity contribution < 1.29 is 4.74 Å². The van der Waals surface area contributed by atoms with Crippen LogP contribution in [0.25, 0.3) is 0 Å². The van der Waals surface area contributed by atoms with Crippen molar-refractivity contribution in [3.8, 4) is 5.88 Å². The number of ether oxygens (including phenoxy) is 1. The molecule has 0 spiro atoms. The molecule has 2 heterocycles. The molecule has 2 N–H and O–H groups in total. The SMILES string of the molecule is CCn1ccnc1CC(N)Cc1ccc(OC)nc1. The Morgan fingerprint density at radius 3 is 2.79 bits per heavy atom. The molecule has 0 aliphatic carbocycles. The highest BCUT2D eigenvalue weighted by atomic mass is 16.5. The highest BCUT2D eigenvalue weighted by molar-refractivity contribution is 5.18. The van der Waals surface area contributed by atoms with Gasteiger partial charge < -0.3 is 15.0 Å². The number of rotatable bonds is 6. The molecule has 102 valence electrons. The number of aryl methyl sites for hydroxylation is 1. The number of nitrogens with zero attached hydrogens (tertiary/aromatic N) is 3. The van der Waals surface area contributed by atoms with Crippen LogP contribution in [-0.4, -0.2) is 27.7 Å². The fraction of sp³-hybridized carbons (Fsp3) is 0.429. The lowest BCUT2D eigenvalue weighted by atomic mass is 10.1. The molecule has 2 aromatic rings. The molecule has 0 saturated heterocycles. The molecule has 2 rings (SSSR count). The first-order chi connectivity index (χ1) is 9.22. The van der Waals surface area contributed by atoms with Crippen molar-refractivity contribution in [2.45, 2.75) is 32.4 Å². The summed E-state index contributed by atoms with van der Waals surface area (Å²) < 4.78 is 7.15. The van der Waals surface area contributed by atoms with Gasteiger partial charge in [-0.05, 0) is 18.9 Å². The fourth-order valence-electron chi connectivity index (χ4n) is 2.08. The summed E-state index contributed by atoms with van der Waals surface area (Å²) in [6, 6.07) is 3.90. The predicted octanol–water partition coefficient (Wildman–Crippen LogP) is 1.42. The first-order valence-corrected chi connectivity index (χ1v) is 6.47. The Morgan fingerprint density at radius 2 is 2.16 bits per heavy atom. The van der Waals surface area contributed by atoms with E-state index < -0.39 is 0 Å². The molecule has 1 unspecified atom stereocenters. The van der Waals surface area contributed by atoms with Gasteiger partial charge in [0.05, 0.1) is 7.11 Å². The van der Waals surface area contributed by atoms with E-state index in [1.165, 1.54) is 0 Å². The van der Waals surface area contributed by atoms with Gasteiger partial charge in [0.2, 0.25) is 5.88 Å². The van der Waals surface area contributed by atoms with Crippen LogP contribution < -0.4 is 10.5 Å². The van der Waals surface area contributed by atoms with Crippen LogP contribution in [0.2, 0.25) is 0 Å². The number of aromatic nitrogens is 3. The average Bonchev–Trinajstić information content (AvgIpc) is 2.86. The van der Waals surface area contributed by atoms with Gasteiger partial charge in [0.25, 0.3) is 0 Å². The van der Waals surface area contributed by atoms with Crippen molar-refractivity contribution in [2.24, 2.45) is 5.73 Å². The lowest BCUT2D eigenvalue weighted by Gasteiger charge is -2.12. The largest absolute Gasteiger partial charge is 0.481 e. The maximum absolute atomic E-state index is 6.18. The second-order valence-electron chi connectivity index (χ2n) is 4.51. The summed E-state index contributed by atoms with van der Waals surface area (Å²) in [5.74, 6) is 1.66. The van der Waals surface area contributed by atoms with Crippen LogP contribution in [-0.2, 0) is 19.4 Å². The number of hydrogen-bond donors (Lipinski definition) is 1. The number of methoxy groups -OCH3 is 1. The van der Waals surface area contributed by atoms with E-state index in [2.05, 4.69) is 21.5 Å². The molecule has 19 heavy (non-hydrogen) atoms. The van der Waals surface area contributed by atoms with Gasteiger partial charge in [-0.2, -0.15) is 0 Å². The summed E-state index contributed by atoms with van der Waals surface area (Å²) in [4.78, 5) is 8.53. The summed E-state index contributed by atoms with van der Waals surface area (Å²) in [7, 11) is 1.61. The van der Waals surface area contributed by atoms with E-state index in [0.717, 1.165) is 30.8 Å². The van der Waals surface area contributed by atoms with Crippen molar-refractivity contribution in [1.82, 2.24) is 14.5 Å². The third-order valence-corrected chi connectivity index (χ3v) is 3.09. The monoisotopic (exact) mass is 260 g/mol. The Labute approximate surface area is 113 Å². The van der Waals surface area contributed by atoms with Crippen molar-refractivity contribution in [3.05, 3.63) is 42.1 Å². The van der Waals surface area contributed by atoms with Crippen molar-refractivity contribution in [3.63, 3.8) is 0 Å². The zero-order valence-corrected chi connectivity index (χ0v) is 11.4. The molecule has 0 amide bonds. The van der Waals surface area contributed by atoms with E-state index in [9.17, 15) is 0 Å². The quantitative estimate of drug-likeness (QED) is 0.853. The van der Waals surface area contributed by atoms with Gasteiger partial charge >= 0.3 is 0 Å². The Bertz CT molecular complexity index is 506. The molecule has 0 aliphatic heterocycles. The number of imidazole rings is 1. The third-order valence-electron chi connectivity index (χ3n) is 3.09. The van der Waals surface area contributed by atoms with Crippen LogP contribution in [0.4, 0.5) is 0 Å². The zero-order chi connectivity index (χ0) is 13.7. The molecule has 0 aliphatic rings. The minimum absolute atomic E-state index is 0.0443. The number of hydrogen-bond acceptors (Lipinski definition) is 4. The molecule has 5 heteroatoms. The van der Waals surface area contributed by atoms with Crippen molar-refractivity contribution in [2.75, 3.05) is 7.11 Å². The third kappa shape index (κ3) is 3.54. The predicted molar refractivity (Wildman–Crippen MR) is 74.1 cm³/mol. The van der Waals surface area contributed by atoms with E-state index in [-0.39, 0.29) is 6.04 Å². The summed E-state index contributed by atoms with van der Waals surface area (Å²) in [6.07, 6.45) is 7.17. The van der Waals surface area contributed by atoms with Crippen molar-refractivity contribution >= 4 is 0 Å². The van der Waals surface area contributed by atoms with Crippen LogP contribution in [0.3, 0.4) is 0 Å². The topological polar surface area (TPSA) is 66.0 Å². The second-order valence-corrected chi connectivity index (χ2v) is 4.51. The highest BCUT2D eigenvalue weighted by Crippen LogP contribution is 2.10. The maximum Gasteiger partial charge on any atom is 0.212 e. The minimum atomic E-state index is 0.0443. The Balaban J connectivity index is 1.95. The van der Waals surface area contributed by atoms with Gasteiger partial charge in [-0.1, -0.05) is 6.07 Å². The number of nitrogens with two attached hydrogens (primary N) is 1. The van der Waals surface area contributed by atoms with Crippen LogP contribution in [0.1, 0.15) is 18.3 Å². The lowest BCUT2D eigenvalue weighted by Crippen LogP contribution is -2.27. The summed E-state index contributed by atoms with van der Waals surface area (Å²) in [5, 5.41) is 0. The van der Waals surface area contributed by atoms with Crippen molar-refractivity contribution in [1.29, 1.82) is 0 Å². The van der Waals surface area contributed by atoms with E-state index in [1.807, 2.05) is 30.7 Å². The van der Waals surface area contributed by atoms with Crippen LogP contribution in [0.5, 0.6) is 5.88 Å². The van der Waals surface area contributed by atoms with Gasteiger partial charge in [-0.25, -0.2) is 9.97 Å². The fourth-order valence-corrected chi connectivity index (χ4v) is 2.08. The van der Waals surface area contributed by atoms with Crippen LogP contribution >= 0.6 is 0 Å². The second kappa shape index (κ2) is 6.33. The molecule has 0 aromatic carbocycles. The smallest absolute Gasteiger partial charge is 0.212 e. The molecule has 0 fully saturated rings. The van der Waals surface area contributed by atoms with Gasteiger partial charge in [0.15, 0.2) is 0 Å². The van der Waals surface area contributed by atoms with E-state index in [1.54, 1.807) is 7.11 Å². The van der Waals surface area contributed by atoms with Gasteiger partial charge in [-0.3, -0.25) is 0 Å². The molecular formula is C14H20N4O. The minimum Gasteiger partial charge on any atom is -0.481 e. The normalized spacial score (nSPS) is 12.4. The molecular weight excluding hydrogens is 240 g/mol. The van der Waals surface area contributed by atoms with E-state index >= 15 is 0 Å². The zero-order valence-electron chi connectivity index (χ0n) is 11.4. The first kappa shape index (κ1) is 13.5. The summed E-state index contributed by atoms with van der Waals surface area (Å²) in [6.45, 7) is 3.02. The summed E-state index contributed by atoms with van der Waals surface area (Å²) in [5.41, 5.74) is 7.29. The number of pyridine rings is 1. The van der Waals surface area contributed by atoms with Gasteiger partial charge in [0, 0.05) is 43.7 Å². The van der Waals surface area contributed by atoms with Crippen LogP contribution in [0.15, 0.2) is 30.7 Å². The molecule has 2 aromatic heterocycles. The molecule has 0 bridgehead atoms. The first-order valence-electron chi connectivity index (χ1n) is 6.47. The Hall–Kier alpha value is -1.88. The highest BCUT2D eigenvalue weighted by Gasteiger charge is 2.09. The molecule has 1 atom stereocenters. The molecule has 0 saturated carbocycles. The molecule has 5 nitrogen and oxygen atoms in total. The maximum atomic E-state index is 6.18. The van der Waals surface area contributed by atoms with Crippen LogP contribution in [0, 0.1) is 0 Å². The van der Waals surface area contributed by atoms with Gasteiger partial charge in [-0.15, -0.1) is 0 Å². The Kier molecular flexibility index (Phi) is 4.52. The van der Waals surface area contributed by atoms with Gasteiger partial charge in [0.1, 0.15) is 5.82 Å². The lowest BCUT2D eigenvalue weighted by molar-refractivity contribution is 0.397. The molecule has 0 radical (unpaired) electrons. The average molecular weight is 260 g/mol. The summed E-state index contributed by atoms with van der Waals surface area (Å²) >= 11 is 0.